The molecular formula is C24H25ClN4O3S. The van der Waals surface area contributed by atoms with Crippen molar-refractivity contribution < 1.29 is 13.2 Å². The Hall–Kier alpha value is -2.68. The van der Waals surface area contributed by atoms with Crippen LogP contribution in [0.2, 0.25) is 5.02 Å². The first-order valence-corrected chi connectivity index (χ1v) is 13.0. The van der Waals surface area contributed by atoms with Crippen molar-refractivity contribution in [2.24, 2.45) is 0 Å². The molecule has 1 N–H and O–H groups in total. The summed E-state index contributed by atoms with van der Waals surface area (Å²) in [4.78, 5) is 20.3. The number of amides is 1. The number of carbonyl (C=O) groups is 1. The van der Waals surface area contributed by atoms with Gasteiger partial charge in [-0.1, -0.05) is 29.8 Å². The van der Waals surface area contributed by atoms with Gasteiger partial charge in [-0.25, -0.2) is 13.4 Å². The number of para-hydroxylation sites is 1. The number of hydrogen-bond acceptors (Lipinski definition) is 5. The molecule has 7 nitrogen and oxygen atoms in total. The van der Waals surface area contributed by atoms with Crippen LogP contribution in [0.15, 0.2) is 53.4 Å². The Morgan fingerprint density at radius 1 is 0.939 bits per heavy atom. The second-order valence-electron chi connectivity index (χ2n) is 8.46. The number of anilines is 2. The Morgan fingerprint density at radius 2 is 1.64 bits per heavy atom. The molecule has 0 bridgehead atoms. The second kappa shape index (κ2) is 8.93. The summed E-state index contributed by atoms with van der Waals surface area (Å²) in [5.41, 5.74) is 1.68. The molecule has 172 valence electrons. The predicted octanol–water partition coefficient (Wildman–Crippen LogP) is 4.53. The summed E-state index contributed by atoms with van der Waals surface area (Å²) in [6.45, 7) is 2.67. The summed E-state index contributed by atoms with van der Waals surface area (Å²) in [6, 6.07) is 14.1. The SMILES string of the molecule is O=C(Nc1ccc(Cl)c(S(=O)(=O)N2CCCC2)c1)c1cc2ccccc2nc1N1CCCC1. The highest BCUT2D eigenvalue weighted by molar-refractivity contribution is 7.89. The zero-order chi connectivity index (χ0) is 23.0. The highest BCUT2D eigenvalue weighted by Gasteiger charge is 2.30. The van der Waals surface area contributed by atoms with E-state index in [2.05, 4.69) is 10.2 Å². The van der Waals surface area contributed by atoms with Gasteiger partial charge in [0.25, 0.3) is 5.91 Å². The number of halogens is 1. The molecule has 1 aromatic heterocycles. The van der Waals surface area contributed by atoms with Crippen molar-refractivity contribution in [3.63, 3.8) is 0 Å². The van der Waals surface area contributed by atoms with E-state index in [-0.39, 0.29) is 15.8 Å². The molecule has 2 aliphatic heterocycles. The molecule has 0 spiro atoms. The maximum absolute atomic E-state index is 13.4. The first-order valence-electron chi connectivity index (χ1n) is 11.2. The molecule has 1 amide bonds. The number of fused-ring (bicyclic) bond motifs is 1. The normalized spacial score (nSPS) is 17.1. The lowest BCUT2D eigenvalue weighted by molar-refractivity contribution is 0.102. The minimum absolute atomic E-state index is 0.0141. The lowest BCUT2D eigenvalue weighted by Crippen LogP contribution is -2.28. The number of aromatic nitrogens is 1. The number of nitrogens with one attached hydrogen (secondary N) is 1. The van der Waals surface area contributed by atoms with Gasteiger partial charge in [0.05, 0.1) is 16.1 Å². The molecule has 0 saturated carbocycles. The molecule has 2 aromatic carbocycles. The summed E-state index contributed by atoms with van der Waals surface area (Å²) in [5, 5.41) is 3.89. The van der Waals surface area contributed by atoms with E-state index in [1.165, 1.54) is 16.4 Å². The van der Waals surface area contributed by atoms with E-state index >= 15 is 0 Å². The molecule has 0 unspecified atom stereocenters. The first-order chi connectivity index (χ1) is 15.9. The quantitative estimate of drug-likeness (QED) is 0.575. The second-order valence-corrected chi connectivity index (χ2v) is 10.8. The minimum atomic E-state index is -3.71. The molecule has 9 heteroatoms. The van der Waals surface area contributed by atoms with Gasteiger partial charge in [0.1, 0.15) is 10.7 Å². The largest absolute Gasteiger partial charge is 0.356 e. The van der Waals surface area contributed by atoms with Gasteiger partial charge in [-0.2, -0.15) is 4.31 Å². The highest BCUT2D eigenvalue weighted by atomic mass is 35.5. The third kappa shape index (κ3) is 4.30. The fourth-order valence-corrected chi connectivity index (χ4v) is 6.51. The van der Waals surface area contributed by atoms with Crippen LogP contribution in [0.1, 0.15) is 36.0 Å². The third-order valence-electron chi connectivity index (χ3n) is 6.23. The average Bonchev–Trinajstić information content (AvgIpc) is 3.54. The number of nitrogens with zero attached hydrogens (tertiary/aromatic N) is 3. The molecule has 2 aliphatic rings. The minimum Gasteiger partial charge on any atom is -0.356 e. The van der Waals surface area contributed by atoms with E-state index in [1.807, 2.05) is 30.3 Å². The van der Waals surface area contributed by atoms with Crippen LogP contribution < -0.4 is 10.2 Å². The maximum atomic E-state index is 13.4. The Morgan fingerprint density at radius 3 is 2.39 bits per heavy atom. The summed E-state index contributed by atoms with van der Waals surface area (Å²) >= 11 is 6.25. The maximum Gasteiger partial charge on any atom is 0.259 e. The van der Waals surface area contributed by atoms with E-state index in [1.54, 1.807) is 6.07 Å². The standard InChI is InChI=1S/C24H25ClN4O3S/c25-20-10-9-18(16-22(20)33(31,32)29-13-5-6-14-29)26-24(30)19-15-17-7-1-2-8-21(17)27-23(19)28-11-3-4-12-28/h1-2,7-10,15-16H,3-6,11-14H2,(H,26,30). The average molecular weight is 485 g/mol. The van der Waals surface area contributed by atoms with Gasteiger partial charge in [-0.3, -0.25) is 4.79 Å². The molecule has 2 saturated heterocycles. The van der Waals surface area contributed by atoms with Crippen LogP contribution in [-0.4, -0.2) is 49.8 Å². The number of rotatable bonds is 5. The fourth-order valence-electron chi connectivity index (χ4n) is 4.49. The van der Waals surface area contributed by atoms with Gasteiger partial charge in [-0.05, 0) is 56.0 Å². The number of pyridine rings is 1. The molecule has 3 aromatic rings. The zero-order valence-corrected chi connectivity index (χ0v) is 19.7. The van der Waals surface area contributed by atoms with Crippen molar-refractivity contribution >= 4 is 49.9 Å². The topological polar surface area (TPSA) is 82.6 Å². The van der Waals surface area contributed by atoms with Crippen LogP contribution in [0, 0.1) is 0 Å². The Kier molecular flexibility index (Phi) is 5.99. The van der Waals surface area contributed by atoms with Crippen molar-refractivity contribution in [1.29, 1.82) is 0 Å². The number of benzene rings is 2. The van der Waals surface area contributed by atoms with E-state index in [0.717, 1.165) is 49.7 Å². The van der Waals surface area contributed by atoms with Crippen LogP contribution in [0.4, 0.5) is 11.5 Å². The molecule has 0 radical (unpaired) electrons. The molecule has 0 aliphatic carbocycles. The van der Waals surface area contributed by atoms with Crippen molar-refractivity contribution in [2.45, 2.75) is 30.6 Å². The van der Waals surface area contributed by atoms with Gasteiger partial charge < -0.3 is 10.2 Å². The summed E-state index contributed by atoms with van der Waals surface area (Å²) in [6.07, 6.45) is 3.79. The summed E-state index contributed by atoms with van der Waals surface area (Å²) in [7, 11) is -3.71. The van der Waals surface area contributed by atoms with Crippen molar-refractivity contribution in [2.75, 3.05) is 36.4 Å². The monoisotopic (exact) mass is 484 g/mol. The van der Waals surface area contributed by atoms with E-state index in [0.29, 0.717) is 30.2 Å². The van der Waals surface area contributed by atoms with E-state index in [9.17, 15) is 13.2 Å². The molecule has 5 rings (SSSR count). The number of carbonyl (C=O) groups excluding carboxylic acids is 1. The first kappa shape index (κ1) is 22.1. The Labute approximate surface area is 198 Å². The Bertz CT molecular complexity index is 1320. The fraction of sp³-hybridized carbons (Fsp3) is 0.333. The summed E-state index contributed by atoms with van der Waals surface area (Å²) < 4.78 is 27.5. The molecular weight excluding hydrogens is 460 g/mol. The lowest BCUT2D eigenvalue weighted by Gasteiger charge is -2.21. The lowest BCUT2D eigenvalue weighted by atomic mass is 10.1. The van der Waals surface area contributed by atoms with Crippen LogP contribution in [0.3, 0.4) is 0 Å². The van der Waals surface area contributed by atoms with Crippen molar-refractivity contribution in [1.82, 2.24) is 9.29 Å². The van der Waals surface area contributed by atoms with E-state index in [4.69, 9.17) is 16.6 Å². The van der Waals surface area contributed by atoms with Crippen LogP contribution in [0.25, 0.3) is 10.9 Å². The van der Waals surface area contributed by atoms with Gasteiger partial charge in [0.15, 0.2) is 0 Å². The van der Waals surface area contributed by atoms with Gasteiger partial charge in [0, 0.05) is 37.3 Å². The molecule has 3 heterocycles. The van der Waals surface area contributed by atoms with Crippen LogP contribution in [0.5, 0.6) is 0 Å². The van der Waals surface area contributed by atoms with Crippen LogP contribution >= 0.6 is 11.6 Å². The molecule has 33 heavy (non-hydrogen) atoms. The number of hydrogen-bond donors (Lipinski definition) is 1. The van der Waals surface area contributed by atoms with Crippen LogP contribution in [-0.2, 0) is 10.0 Å². The number of sulfonamides is 1. The highest BCUT2D eigenvalue weighted by Crippen LogP contribution is 2.31. The van der Waals surface area contributed by atoms with Gasteiger partial charge >= 0.3 is 0 Å². The molecule has 2 fully saturated rings. The van der Waals surface area contributed by atoms with Gasteiger partial charge in [0.2, 0.25) is 10.0 Å². The Balaban J connectivity index is 1.49. The smallest absolute Gasteiger partial charge is 0.259 e. The van der Waals surface area contributed by atoms with Gasteiger partial charge in [-0.15, -0.1) is 0 Å². The third-order valence-corrected chi connectivity index (χ3v) is 8.61. The van der Waals surface area contributed by atoms with Crippen molar-refractivity contribution in [3.8, 4) is 0 Å². The zero-order valence-electron chi connectivity index (χ0n) is 18.1. The van der Waals surface area contributed by atoms with E-state index < -0.39 is 10.0 Å². The molecule has 0 atom stereocenters. The van der Waals surface area contributed by atoms with Crippen molar-refractivity contribution in [3.05, 3.63) is 59.1 Å². The summed E-state index contributed by atoms with van der Waals surface area (Å²) in [5.74, 6) is 0.324. The predicted molar refractivity (Wildman–Crippen MR) is 131 cm³/mol.